The van der Waals surface area contributed by atoms with Gasteiger partial charge in [-0.15, -0.1) is 0 Å². The van der Waals surface area contributed by atoms with Gasteiger partial charge in [0.05, 0.1) is 23.0 Å². The molecule has 0 bridgehead atoms. The highest BCUT2D eigenvalue weighted by Crippen LogP contribution is 2.36. The van der Waals surface area contributed by atoms with Crippen LogP contribution in [0.25, 0.3) is 0 Å². The zero-order chi connectivity index (χ0) is 11.5. The monoisotopic (exact) mass is 241 g/mol. The Morgan fingerprint density at radius 2 is 2.38 bits per heavy atom. The van der Waals surface area contributed by atoms with Crippen LogP contribution < -0.4 is 5.32 Å². The number of halogens is 1. The summed E-state index contributed by atoms with van der Waals surface area (Å²) < 4.78 is 1.90. The lowest BCUT2D eigenvalue weighted by atomic mass is 9.80. The largest absolute Gasteiger partial charge is 0.309 e. The van der Waals surface area contributed by atoms with Gasteiger partial charge >= 0.3 is 0 Å². The highest BCUT2D eigenvalue weighted by molar-refractivity contribution is 6.31. The minimum atomic E-state index is 0.357. The van der Waals surface area contributed by atoms with Crippen LogP contribution >= 0.6 is 11.6 Å². The van der Waals surface area contributed by atoms with E-state index < -0.39 is 0 Å². The lowest BCUT2D eigenvalue weighted by molar-refractivity contribution is 0.258. The molecule has 4 heteroatoms. The summed E-state index contributed by atoms with van der Waals surface area (Å²) in [5.74, 6) is 0.870. The summed E-state index contributed by atoms with van der Waals surface area (Å²) >= 11 is 6.20. The molecule has 1 aliphatic rings. The summed E-state index contributed by atoms with van der Waals surface area (Å²) in [6.45, 7) is 3.11. The van der Waals surface area contributed by atoms with Gasteiger partial charge in [0.25, 0.3) is 0 Å². The van der Waals surface area contributed by atoms with Gasteiger partial charge in [0, 0.05) is 7.05 Å². The van der Waals surface area contributed by atoms with Gasteiger partial charge < -0.3 is 5.32 Å². The Bertz CT molecular complexity index is 325. The Balaban J connectivity index is 2.10. The van der Waals surface area contributed by atoms with E-state index in [0.29, 0.717) is 6.04 Å². The van der Waals surface area contributed by atoms with E-state index in [1.807, 2.05) is 11.7 Å². The van der Waals surface area contributed by atoms with Crippen molar-refractivity contribution in [1.82, 2.24) is 15.1 Å². The summed E-state index contributed by atoms with van der Waals surface area (Å²) in [7, 11) is 1.96. The van der Waals surface area contributed by atoms with Crippen molar-refractivity contribution in [3.63, 3.8) is 0 Å². The first-order valence-electron chi connectivity index (χ1n) is 6.13. The van der Waals surface area contributed by atoms with Crippen molar-refractivity contribution in [2.75, 3.05) is 6.54 Å². The molecule has 0 saturated heterocycles. The standard InChI is InChI=1S/C12H20ClN3/c1-3-14-11(7-9-5-4-6-9)12-10(13)8-15-16(12)2/h8-9,11,14H,3-7H2,1-2H3. The molecule has 1 aromatic heterocycles. The van der Waals surface area contributed by atoms with Gasteiger partial charge in [0.15, 0.2) is 0 Å². The van der Waals surface area contributed by atoms with E-state index in [1.165, 1.54) is 25.7 Å². The molecule has 1 fully saturated rings. The molecule has 1 N–H and O–H groups in total. The van der Waals surface area contributed by atoms with E-state index in [4.69, 9.17) is 11.6 Å². The maximum Gasteiger partial charge on any atom is 0.0834 e. The van der Waals surface area contributed by atoms with Crippen LogP contribution in [0.15, 0.2) is 6.20 Å². The van der Waals surface area contributed by atoms with Crippen molar-refractivity contribution in [2.45, 2.75) is 38.6 Å². The summed E-state index contributed by atoms with van der Waals surface area (Å²) in [6.07, 6.45) is 7.06. The van der Waals surface area contributed by atoms with Crippen LogP contribution in [0, 0.1) is 5.92 Å². The molecular weight excluding hydrogens is 222 g/mol. The minimum Gasteiger partial charge on any atom is -0.309 e. The fourth-order valence-electron chi connectivity index (χ4n) is 2.41. The van der Waals surface area contributed by atoms with Crippen molar-refractivity contribution in [3.05, 3.63) is 16.9 Å². The molecule has 1 unspecified atom stereocenters. The lowest BCUT2D eigenvalue weighted by Crippen LogP contribution is -2.27. The van der Waals surface area contributed by atoms with E-state index in [-0.39, 0.29) is 0 Å². The molecule has 0 radical (unpaired) electrons. The third-order valence-electron chi connectivity index (χ3n) is 3.51. The van der Waals surface area contributed by atoms with E-state index >= 15 is 0 Å². The van der Waals surface area contributed by atoms with Crippen LogP contribution in [-0.2, 0) is 7.05 Å². The molecule has 0 amide bonds. The molecule has 1 atom stereocenters. The quantitative estimate of drug-likeness (QED) is 0.859. The van der Waals surface area contributed by atoms with Gasteiger partial charge in [0.2, 0.25) is 0 Å². The Kier molecular flexibility index (Phi) is 3.87. The van der Waals surface area contributed by atoms with Gasteiger partial charge in [-0.05, 0) is 18.9 Å². The second kappa shape index (κ2) is 5.19. The SMILES string of the molecule is CCNC(CC1CCC1)c1c(Cl)cnn1C. The van der Waals surface area contributed by atoms with Crippen LogP contribution in [-0.4, -0.2) is 16.3 Å². The number of hydrogen-bond acceptors (Lipinski definition) is 2. The molecule has 16 heavy (non-hydrogen) atoms. The first-order chi connectivity index (χ1) is 7.72. The Hall–Kier alpha value is -0.540. The maximum atomic E-state index is 6.20. The number of aryl methyl sites for hydroxylation is 1. The van der Waals surface area contributed by atoms with Crippen LogP contribution in [0.3, 0.4) is 0 Å². The molecule has 2 rings (SSSR count). The first kappa shape index (κ1) is 11.9. The molecule has 0 spiro atoms. The minimum absolute atomic E-state index is 0.357. The fourth-order valence-corrected chi connectivity index (χ4v) is 2.71. The topological polar surface area (TPSA) is 29.9 Å². The number of aromatic nitrogens is 2. The molecule has 3 nitrogen and oxygen atoms in total. The van der Waals surface area contributed by atoms with Gasteiger partial charge in [-0.25, -0.2) is 0 Å². The van der Waals surface area contributed by atoms with Gasteiger partial charge in [0.1, 0.15) is 0 Å². The zero-order valence-corrected chi connectivity index (χ0v) is 10.8. The Morgan fingerprint density at radius 1 is 1.62 bits per heavy atom. The smallest absolute Gasteiger partial charge is 0.0834 e. The third kappa shape index (κ3) is 2.41. The van der Waals surface area contributed by atoms with Crippen molar-refractivity contribution < 1.29 is 0 Å². The molecule has 1 aliphatic carbocycles. The number of nitrogens with zero attached hydrogens (tertiary/aromatic N) is 2. The summed E-state index contributed by atoms with van der Waals surface area (Å²) in [6, 6.07) is 0.357. The molecule has 90 valence electrons. The van der Waals surface area contributed by atoms with E-state index in [2.05, 4.69) is 17.3 Å². The number of rotatable bonds is 5. The molecule has 1 aromatic rings. The average molecular weight is 242 g/mol. The van der Waals surface area contributed by atoms with Gasteiger partial charge in [-0.2, -0.15) is 5.10 Å². The van der Waals surface area contributed by atoms with Gasteiger partial charge in [-0.3, -0.25) is 4.68 Å². The highest BCUT2D eigenvalue weighted by Gasteiger charge is 2.25. The van der Waals surface area contributed by atoms with Crippen molar-refractivity contribution in [2.24, 2.45) is 13.0 Å². The molecule has 1 heterocycles. The lowest BCUT2D eigenvalue weighted by Gasteiger charge is -2.30. The molecular formula is C12H20ClN3. The normalized spacial score (nSPS) is 18.4. The summed E-state index contributed by atoms with van der Waals surface area (Å²) in [5.41, 5.74) is 1.13. The van der Waals surface area contributed by atoms with Gasteiger partial charge in [-0.1, -0.05) is 37.8 Å². The van der Waals surface area contributed by atoms with Crippen LogP contribution in [0.1, 0.15) is 44.3 Å². The third-order valence-corrected chi connectivity index (χ3v) is 3.80. The number of hydrogen-bond donors (Lipinski definition) is 1. The first-order valence-corrected chi connectivity index (χ1v) is 6.51. The highest BCUT2D eigenvalue weighted by atomic mass is 35.5. The zero-order valence-electron chi connectivity index (χ0n) is 10.0. The van der Waals surface area contributed by atoms with E-state index in [0.717, 1.165) is 23.2 Å². The molecule has 1 saturated carbocycles. The molecule has 0 aromatic carbocycles. The maximum absolute atomic E-state index is 6.20. The van der Waals surface area contributed by atoms with Crippen LogP contribution in [0.5, 0.6) is 0 Å². The second-order valence-corrected chi connectivity index (χ2v) is 5.05. The Labute approximate surface area is 102 Å². The summed E-state index contributed by atoms with van der Waals surface area (Å²) in [4.78, 5) is 0. The number of nitrogens with one attached hydrogen (secondary N) is 1. The van der Waals surface area contributed by atoms with Crippen molar-refractivity contribution >= 4 is 11.6 Å². The van der Waals surface area contributed by atoms with Crippen LogP contribution in [0.4, 0.5) is 0 Å². The van der Waals surface area contributed by atoms with Crippen molar-refractivity contribution in [1.29, 1.82) is 0 Å². The predicted octanol–water partition coefficient (Wildman–Crippen LogP) is 2.91. The predicted molar refractivity (Wildman–Crippen MR) is 66.6 cm³/mol. The summed E-state index contributed by atoms with van der Waals surface area (Å²) in [5, 5.41) is 8.52. The Morgan fingerprint density at radius 3 is 2.81 bits per heavy atom. The van der Waals surface area contributed by atoms with Crippen LogP contribution in [0.2, 0.25) is 5.02 Å². The fraction of sp³-hybridized carbons (Fsp3) is 0.750. The molecule has 0 aliphatic heterocycles. The van der Waals surface area contributed by atoms with Crippen molar-refractivity contribution in [3.8, 4) is 0 Å². The van der Waals surface area contributed by atoms with E-state index in [9.17, 15) is 0 Å². The second-order valence-electron chi connectivity index (χ2n) is 4.64. The average Bonchev–Trinajstić information content (AvgIpc) is 2.51. The van der Waals surface area contributed by atoms with E-state index in [1.54, 1.807) is 6.20 Å².